The van der Waals surface area contributed by atoms with Crippen molar-refractivity contribution in [2.45, 2.75) is 50.7 Å². The van der Waals surface area contributed by atoms with Crippen LogP contribution >= 0.6 is 0 Å². The fraction of sp³-hybridized carbons (Fsp3) is 0.632. The Morgan fingerprint density at radius 1 is 1.24 bits per heavy atom. The highest BCUT2D eigenvalue weighted by Crippen LogP contribution is 2.30. The topological polar surface area (TPSA) is 32.3 Å². The summed E-state index contributed by atoms with van der Waals surface area (Å²) in [6.45, 7) is 2.23. The molecule has 2 aliphatic rings. The zero-order valence-corrected chi connectivity index (χ0v) is 14.3. The number of benzene rings is 1. The van der Waals surface area contributed by atoms with E-state index in [1.807, 2.05) is 0 Å². The predicted molar refractivity (Wildman–Crippen MR) is 90.1 cm³/mol. The van der Waals surface area contributed by atoms with Crippen LogP contribution in [0.2, 0.25) is 0 Å². The third-order valence-electron chi connectivity index (χ3n) is 5.01. The Balaban J connectivity index is 1.47. The molecule has 1 saturated heterocycles. The molecule has 1 aromatic rings. The molecule has 1 amide bonds. The van der Waals surface area contributed by atoms with Gasteiger partial charge in [0.15, 0.2) is 0 Å². The van der Waals surface area contributed by atoms with Crippen LogP contribution in [0.25, 0.3) is 0 Å². The molecule has 0 unspecified atom stereocenters. The van der Waals surface area contributed by atoms with Gasteiger partial charge >= 0.3 is 6.18 Å². The van der Waals surface area contributed by atoms with E-state index < -0.39 is 11.7 Å². The minimum absolute atomic E-state index is 0.0982. The van der Waals surface area contributed by atoms with E-state index in [1.165, 1.54) is 12.1 Å². The van der Waals surface area contributed by atoms with E-state index in [0.717, 1.165) is 56.8 Å². The first kappa shape index (κ1) is 18.2. The van der Waals surface area contributed by atoms with E-state index in [9.17, 15) is 18.0 Å². The lowest BCUT2D eigenvalue weighted by Gasteiger charge is -2.32. The Morgan fingerprint density at radius 3 is 2.76 bits per heavy atom. The molecule has 1 N–H and O–H groups in total. The maximum absolute atomic E-state index is 12.8. The smallest absolute Gasteiger partial charge is 0.352 e. The van der Waals surface area contributed by atoms with Crippen molar-refractivity contribution >= 4 is 5.91 Å². The summed E-state index contributed by atoms with van der Waals surface area (Å²) in [5.41, 5.74) is 0.158. The number of aryl methyl sites for hydroxylation is 1. The summed E-state index contributed by atoms with van der Waals surface area (Å²) in [7, 11) is 0. The molecule has 0 radical (unpaired) electrons. The molecule has 138 valence electrons. The fourth-order valence-corrected chi connectivity index (χ4v) is 3.51. The van der Waals surface area contributed by atoms with E-state index in [2.05, 4.69) is 10.2 Å². The standard InChI is InChI=1S/C19H25F3N2O/c20-19(21,22)16-5-1-3-14(11-16)6-7-15-4-2-10-24(12-15)13-18(25)23-17-8-9-17/h1,3,5,11,15,17H,2,4,6-10,12-13H2,(H,23,25)/t15-/m1/s1. The first-order valence-corrected chi connectivity index (χ1v) is 9.08. The van der Waals surface area contributed by atoms with E-state index in [1.54, 1.807) is 6.07 Å². The first-order valence-electron chi connectivity index (χ1n) is 9.08. The number of carbonyl (C=O) groups excluding carboxylic acids is 1. The normalized spacial score (nSPS) is 22.0. The summed E-state index contributed by atoms with van der Waals surface area (Å²) in [5, 5.41) is 3.01. The SMILES string of the molecule is O=C(CN1CCC[C@H](CCc2cccc(C(F)(F)F)c2)C1)NC1CC1. The molecule has 1 atom stereocenters. The molecule has 1 aliphatic heterocycles. The van der Waals surface area contributed by atoms with Gasteiger partial charge in [-0.25, -0.2) is 0 Å². The van der Waals surface area contributed by atoms with Crippen molar-refractivity contribution in [3.8, 4) is 0 Å². The first-order chi connectivity index (χ1) is 11.9. The molecular weight excluding hydrogens is 329 g/mol. The number of amides is 1. The van der Waals surface area contributed by atoms with Crippen LogP contribution in [-0.2, 0) is 17.4 Å². The molecule has 0 aromatic heterocycles. The third-order valence-corrected chi connectivity index (χ3v) is 5.01. The van der Waals surface area contributed by atoms with Crippen LogP contribution in [0.5, 0.6) is 0 Å². The zero-order valence-electron chi connectivity index (χ0n) is 14.3. The van der Waals surface area contributed by atoms with Crippen LogP contribution in [-0.4, -0.2) is 36.5 Å². The summed E-state index contributed by atoms with van der Waals surface area (Å²) in [6, 6.07) is 5.99. The minimum atomic E-state index is -4.29. The monoisotopic (exact) mass is 354 g/mol. The van der Waals surface area contributed by atoms with Crippen molar-refractivity contribution in [1.82, 2.24) is 10.2 Å². The van der Waals surface area contributed by atoms with Crippen LogP contribution in [0.1, 0.15) is 43.2 Å². The second-order valence-electron chi connectivity index (χ2n) is 7.32. The lowest BCUT2D eigenvalue weighted by molar-refractivity contribution is -0.137. The summed E-state index contributed by atoms with van der Waals surface area (Å²) in [4.78, 5) is 14.1. The van der Waals surface area contributed by atoms with Crippen LogP contribution in [0.4, 0.5) is 13.2 Å². The van der Waals surface area contributed by atoms with Gasteiger partial charge in [-0.15, -0.1) is 0 Å². The lowest BCUT2D eigenvalue weighted by atomic mass is 9.91. The maximum Gasteiger partial charge on any atom is 0.416 e. The average Bonchev–Trinajstić information content (AvgIpc) is 3.36. The van der Waals surface area contributed by atoms with Crippen LogP contribution in [0, 0.1) is 5.92 Å². The summed E-state index contributed by atoms with van der Waals surface area (Å²) in [5.74, 6) is 0.540. The van der Waals surface area contributed by atoms with E-state index in [4.69, 9.17) is 0 Å². The molecule has 1 saturated carbocycles. The van der Waals surface area contributed by atoms with Crippen molar-refractivity contribution in [3.63, 3.8) is 0 Å². The highest BCUT2D eigenvalue weighted by atomic mass is 19.4. The van der Waals surface area contributed by atoms with Crippen LogP contribution in [0.3, 0.4) is 0 Å². The number of piperidine rings is 1. The Bertz CT molecular complexity index is 599. The van der Waals surface area contributed by atoms with Gasteiger partial charge in [-0.05, 0) is 62.6 Å². The van der Waals surface area contributed by atoms with E-state index in [0.29, 0.717) is 24.9 Å². The molecule has 6 heteroatoms. The number of hydrogen-bond acceptors (Lipinski definition) is 2. The lowest BCUT2D eigenvalue weighted by Crippen LogP contribution is -2.43. The minimum Gasteiger partial charge on any atom is -0.352 e. The number of carbonyl (C=O) groups is 1. The van der Waals surface area contributed by atoms with Crippen molar-refractivity contribution in [2.24, 2.45) is 5.92 Å². The fourth-order valence-electron chi connectivity index (χ4n) is 3.51. The third kappa shape index (κ3) is 5.73. The number of hydrogen-bond donors (Lipinski definition) is 1. The molecule has 0 bridgehead atoms. The van der Waals surface area contributed by atoms with Crippen LogP contribution < -0.4 is 5.32 Å². The molecule has 1 aromatic carbocycles. The Morgan fingerprint density at radius 2 is 2.04 bits per heavy atom. The Kier molecular flexibility index (Phi) is 5.67. The number of alkyl halides is 3. The average molecular weight is 354 g/mol. The van der Waals surface area contributed by atoms with Gasteiger partial charge in [-0.1, -0.05) is 18.2 Å². The molecule has 1 aliphatic carbocycles. The number of likely N-dealkylation sites (tertiary alicyclic amines) is 1. The van der Waals surface area contributed by atoms with Crippen molar-refractivity contribution < 1.29 is 18.0 Å². The molecular formula is C19H25F3N2O. The molecule has 0 spiro atoms. The van der Waals surface area contributed by atoms with Gasteiger partial charge in [0.2, 0.25) is 5.91 Å². The molecule has 2 fully saturated rings. The number of halogens is 3. The molecule has 3 rings (SSSR count). The predicted octanol–water partition coefficient (Wildman–Crippen LogP) is 3.63. The summed E-state index contributed by atoms with van der Waals surface area (Å²) in [6.07, 6.45) is 1.53. The molecule has 25 heavy (non-hydrogen) atoms. The van der Waals surface area contributed by atoms with Gasteiger partial charge in [-0.2, -0.15) is 13.2 Å². The number of rotatable bonds is 6. The maximum atomic E-state index is 12.8. The summed E-state index contributed by atoms with van der Waals surface area (Å²) < 4.78 is 38.4. The van der Waals surface area contributed by atoms with Gasteiger partial charge in [0, 0.05) is 12.6 Å². The highest BCUT2D eigenvalue weighted by Gasteiger charge is 2.30. The second-order valence-corrected chi connectivity index (χ2v) is 7.32. The highest BCUT2D eigenvalue weighted by molar-refractivity contribution is 5.78. The van der Waals surface area contributed by atoms with Crippen molar-refractivity contribution in [1.29, 1.82) is 0 Å². The Labute approximate surface area is 146 Å². The van der Waals surface area contributed by atoms with Gasteiger partial charge in [-0.3, -0.25) is 9.69 Å². The Hall–Kier alpha value is -1.56. The number of nitrogens with zero attached hydrogens (tertiary/aromatic N) is 1. The van der Waals surface area contributed by atoms with Gasteiger partial charge in [0.1, 0.15) is 0 Å². The van der Waals surface area contributed by atoms with Gasteiger partial charge in [0.05, 0.1) is 12.1 Å². The zero-order chi connectivity index (χ0) is 17.9. The van der Waals surface area contributed by atoms with Crippen molar-refractivity contribution in [2.75, 3.05) is 19.6 Å². The molecule has 3 nitrogen and oxygen atoms in total. The largest absolute Gasteiger partial charge is 0.416 e. The number of nitrogens with one attached hydrogen (secondary N) is 1. The van der Waals surface area contributed by atoms with E-state index >= 15 is 0 Å². The quantitative estimate of drug-likeness (QED) is 0.846. The van der Waals surface area contributed by atoms with E-state index in [-0.39, 0.29) is 5.91 Å². The van der Waals surface area contributed by atoms with Gasteiger partial charge in [0.25, 0.3) is 0 Å². The van der Waals surface area contributed by atoms with Crippen molar-refractivity contribution in [3.05, 3.63) is 35.4 Å². The second kappa shape index (κ2) is 7.77. The van der Waals surface area contributed by atoms with Crippen LogP contribution in [0.15, 0.2) is 24.3 Å². The van der Waals surface area contributed by atoms with Gasteiger partial charge < -0.3 is 5.32 Å². The molecule has 1 heterocycles. The summed E-state index contributed by atoms with van der Waals surface area (Å²) >= 11 is 0.